The van der Waals surface area contributed by atoms with Crippen molar-refractivity contribution in [2.24, 2.45) is 0 Å². The first kappa shape index (κ1) is 15.1. The predicted octanol–water partition coefficient (Wildman–Crippen LogP) is 3.20. The second-order valence-corrected chi connectivity index (χ2v) is 5.00. The average molecular weight is 313 g/mol. The summed E-state index contributed by atoms with van der Waals surface area (Å²) >= 11 is 0. The van der Waals surface area contributed by atoms with Gasteiger partial charge in [0.05, 0.1) is 32.7 Å². The Morgan fingerprint density at radius 2 is 1.87 bits per heavy atom. The van der Waals surface area contributed by atoms with E-state index in [0.717, 1.165) is 23.3 Å². The van der Waals surface area contributed by atoms with Crippen LogP contribution in [0.3, 0.4) is 0 Å². The van der Waals surface area contributed by atoms with E-state index in [4.69, 9.17) is 14.2 Å². The summed E-state index contributed by atoms with van der Waals surface area (Å²) in [5.74, 6) is 1.93. The molecule has 23 heavy (non-hydrogen) atoms. The Morgan fingerprint density at radius 1 is 1.04 bits per heavy atom. The fourth-order valence-corrected chi connectivity index (χ4v) is 2.33. The summed E-state index contributed by atoms with van der Waals surface area (Å²) < 4.78 is 18.0. The van der Waals surface area contributed by atoms with Gasteiger partial charge in [-0.15, -0.1) is 5.10 Å². The molecule has 0 amide bonds. The lowest BCUT2D eigenvalue weighted by Crippen LogP contribution is -2.01. The first-order valence-electron chi connectivity index (χ1n) is 7.46. The maximum atomic E-state index is 5.60. The van der Waals surface area contributed by atoms with Crippen molar-refractivity contribution in [2.45, 2.75) is 13.3 Å². The Balaban J connectivity index is 2.05. The molecule has 0 saturated carbocycles. The molecule has 0 aliphatic carbocycles. The van der Waals surface area contributed by atoms with Crippen molar-refractivity contribution in [3.63, 3.8) is 0 Å². The van der Waals surface area contributed by atoms with Gasteiger partial charge in [0.15, 0.2) is 17.1 Å². The molecular weight excluding hydrogens is 294 g/mol. The number of fused-ring (bicyclic) bond motifs is 1. The molecule has 0 radical (unpaired) electrons. The Kier molecular flexibility index (Phi) is 4.32. The van der Waals surface area contributed by atoms with Gasteiger partial charge in [-0.05, 0) is 30.7 Å². The Labute approximate surface area is 134 Å². The summed E-state index contributed by atoms with van der Waals surface area (Å²) in [5, 5.41) is 4.51. The fraction of sp³-hybridized carbons (Fsp3) is 0.294. The summed E-state index contributed by atoms with van der Waals surface area (Å²) in [7, 11) is 3.23. The number of nitrogens with zero attached hydrogens (tertiary/aromatic N) is 3. The average Bonchev–Trinajstić information content (AvgIpc) is 3.02. The topological polar surface area (TPSA) is 57.9 Å². The molecule has 0 fully saturated rings. The lowest BCUT2D eigenvalue weighted by molar-refractivity contribution is 0.300. The smallest absolute Gasteiger partial charge is 0.231 e. The molecular formula is C17H19N3O3. The number of benzene rings is 1. The van der Waals surface area contributed by atoms with Crippen LogP contribution in [0.4, 0.5) is 0 Å². The molecule has 0 aliphatic heterocycles. The summed E-state index contributed by atoms with van der Waals surface area (Å²) in [6.07, 6.45) is 2.72. The zero-order valence-electron chi connectivity index (χ0n) is 13.4. The van der Waals surface area contributed by atoms with E-state index in [1.807, 2.05) is 30.3 Å². The highest BCUT2D eigenvalue weighted by Crippen LogP contribution is 2.32. The standard InChI is InChI=1S/C17H19N3O3/c1-4-9-23-17-8-7-16-18-11-13(20(16)19-17)12-5-6-14(21-2)15(10-12)22-3/h5-8,10-11H,4,9H2,1-3H3. The second kappa shape index (κ2) is 6.56. The molecule has 2 aromatic heterocycles. The Hall–Kier alpha value is -2.76. The molecule has 0 saturated heterocycles. The number of aromatic nitrogens is 3. The van der Waals surface area contributed by atoms with Crippen molar-refractivity contribution < 1.29 is 14.2 Å². The van der Waals surface area contributed by atoms with Crippen LogP contribution in [0, 0.1) is 0 Å². The van der Waals surface area contributed by atoms with Gasteiger partial charge in [0.2, 0.25) is 5.88 Å². The van der Waals surface area contributed by atoms with Gasteiger partial charge in [0.1, 0.15) is 0 Å². The molecule has 3 rings (SSSR count). The highest BCUT2D eigenvalue weighted by Gasteiger charge is 2.11. The van der Waals surface area contributed by atoms with Crippen LogP contribution >= 0.6 is 0 Å². The van der Waals surface area contributed by atoms with Gasteiger partial charge in [-0.2, -0.15) is 0 Å². The van der Waals surface area contributed by atoms with E-state index < -0.39 is 0 Å². The molecule has 6 heteroatoms. The van der Waals surface area contributed by atoms with Crippen molar-refractivity contribution in [1.29, 1.82) is 0 Å². The maximum absolute atomic E-state index is 5.60. The van der Waals surface area contributed by atoms with Crippen LogP contribution < -0.4 is 14.2 Å². The SMILES string of the molecule is CCCOc1ccc2ncc(-c3ccc(OC)c(OC)c3)n2n1. The number of imidazole rings is 1. The summed E-state index contributed by atoms with van der Waals surface area (Å²) in [6, 6.07) is 9.44. The number of hydrogen-bond donors (Lipinski definition) is 0. The van der Waals surface area contributed by atoms with Crippen molar-refractivity contribution >= 4 is 5.65 Å². The monoisotopic (exact) mass is 313 g/mol. The molecule has 0 aliphatic rings. The third kappa shape index (κ3) is 2.92. The largest absolute Gasteiger partial charge is 0.493 e. The number of hydrogen-bond acceptors (Lipinski definition) is 5. The van der Waals surface area contributed by atoms with E-state index >= 15 is 0 Å². The normalized spacial score (nSPS) is 10.7. The molecule has 2 heterocycles. The van der Waals surface area contributed by atoms with Crippen LogP contribution in [-0.2, 0) is 0 Å². The zero-order chi connectivity index (χ0) is 16.2. The van der Waals surface area contributed by atoms with Gasteiger partial charge < -0.3 is 14.2 Å². The molecule has 0 bridgehead atoms. The lowest BCUT2D eigenvalue weighted by Gasteiger charge is -2.09. The van der Waals surface area contributed by atoms with Crippen molar-refractivity contribution in [2.75, 3.05) is 20.8 Å². The van der Waals surface area contributed by atoms with Gasteiger partial charge in [0, 0.05) is 11.6 Å². The van der Waals surface area contributed by atoms with E-state index in [0.29, 0.717) is 24.0 Å². The first-order valence-corrected chi connectivity index (χ1v) is 7.46. The second-order valence-electron chi connectivity index (χ2n) is 5.00. The molecule has 0 spiro atoms. The van der Waals surface area contributed by atoms with Crippen LogP contribution in [0.2, 0.25) is 0 Å². The highest BCUT2D eigenvalue weighted by molar-refractivity contribution is 5.66. The molecule has 0 N–H and O–H groups in total. The molecule has 1 aromatic carbocycles. The van der Waals surface area contributed by atoms with Gasteiger partial charge in [0.25, 0.3) is 0 Å². The van der Waals surface area contributed by atoms with E-state index in [2.05, 4.69) is 17.0 Å². The Morgan fingerprint density at radius 3 is 2.61 bits per heavy atom. The molecule has 0 atom stereocenters. The van der Waals surface area contributed by atoms with Crippen LogP contribution in [-0.4, -0.2) is 35.4 Å². The van der Waals surface area contributed by atoms with E-state index in [1.165, 1.54) is 0 Å². The van der Waals surface area contributed by atoms with Crippen LogP contribution in [0.15, 0.2) is 36.5 Å². The summed E-state index contributed by atoms with van der Waals surface area (Å²) in [6.45, 7) is 2.70. The van der Waals surface area contributed by atoms with Crippen molar-refractivity contribution in [3.8, 4) is 28.6 Å². The summed E-state index contributed by atoms with van der Waals surface area (Å²) in [4.78, 5) is 4.39. The lowest BCUT2D eigenvalue weighted by atomic mass is 10.1. The summed E-state index contributed by atoms with van der Waals surface area (Å²) in [5.41, 5.74) is 2.57. The molecule has 6 nitrogen and oxygen atoms in total. The maximum Gasteiger partial charge on any atom is 0.231 e. The molecule has 3 aromatic rings. The third-order valence-electron chi connectivity index (χ3n) is 3.47. The van der Waals surface area contributed by atoms with Gasteiger partial charge in [-0.1, -0.05) is 6.92 Å². The number of ether oxygens (including phenoxy) is 3. The quantitative estimate of drug-likeness (QED) is 0.699. The van der Waals surface area contributed by atoms with Crippen molar-refractivity contribution in [1.82, 2.24) is 14.6 Å². The third-order valence-corrected chi connectivity index (χ3v) is 3.47. The molecule has 120 valence electrons. The highest BCUT2D eigenvalue weighted by atomic mass is 16.5. The number of methoxy groups -OCH3 is 2. The minimum absolute atomic E-state index is 0.582. The van der Waals surface area contributed by atoms with Gasteiger partial charge in [-0.3, -0.25) is 0 Å². The van der Waals surface area contributed by atoms with E-state index in [-0.39, 0.29) is 0 Å². The predicted molar refractivity (Wildman–Crippen MR) is 87.3 cm³/mol. The minimum Gasteiger partial charge on any atom is -0.493 e. The molecule has 0 unspecified atom stereocenters. The van der Waals surface area contributed by atoms with Gasteiger partial charge in [-0.25, -0.2) is 9.50 Å². The van der Waals surface area contributed by atoms with E-state index in [9.17, 15) is 0 Å². The van der Waals surface area contributed by atoms with Crippen LogP contribution in [0.5, 0.6) is 17.4 Å². The van der Waals surface area contributed by atoms with Crippen molar-refractivity contribution in [3.05, 3.63) is 36.5 Å². The Bertz CT molecular complexity index is 814. The first-order chi connectivity index (χ1) is 11.3. The van der Waals surface area contributed by atoms with Crippen LogP contribution in [0.1, 0.15) is 13.3 Å². The minimum atomic E-state index is 0.582. The van der Waals surface area contributed by atoms with Gasteiger partial charge >= 0.3 is 0 Å². The van der Waals surface area contributed by atoms with E-state index in [1.54, 1.807) is 24.9 Å². The van der Waals surface area contributed by atoms with Crippen LogP contribution in [0.25, 0.3) is 16.9 Å². The number of rotatable bonds is 6. The fourth-order valence-electron chi connectivity index (χ4n) is 2.33. The zero-order valence-corrected chi connectivity index (χ0v) is 13.4.